The smallest absolute Gasteiger partial charge is 0.249 e. The lowest BCUT2D eigenvalue weighted by molar-refractivity contribution is -0.184. The van der Waals surface area contributed by atoms with Gasteiger partial charge in [-0.3, -0.25) is 14.6 Å². The number of hydrogen-bond acceptors (Lipinski definition) is 5. The van der Waals surface area contributed by atoms with Gasteiger partial charge in [-0.1, -0.05) is 0 Å². The summed E-state index contributed by atoms with van der Waals surface area (Å²) in [7, 11) is 0. The van der Waals surface area contributed by atoms with E-state index in [1.807, 2.05) is 6.07 Å². The van der Waals surface area contributed by atoms with Gasteiger partial charge < -0.3 is 5.32 Å². The van der Waals surface area contributed by atoms with Gasteiger partial charge in [0.25, 0.3) is 0 Å². The molecule has 1 saturated heterocycles. The first-order valence-electron chi connectivity index (χ1n) is 9.07. The molecule has 1 N–H and O–H groups in total. The standard InChI is InChI=1S/C20H18F2N4O2/c21-15-3-12(9-23)4-17(8-15)25-18-6-13(7-18)20(27)26-19(1-2-28-26)14-5-16(22)11-24-10-14/h3-5,8,10-11,13,18-19,25H,1-2,6-7H2. The topological polar surface area (TPSA) is 78.2 Å². The van der Waals surface area contributed by atoms with Crippen LogP contribution in [0, 0.1) is 28.9 Å². The molecule has 6 nitrogen and oxygen atoms in total. The third-order valence-corrected chi connectivity index (χ3v) is 5.12. The molecule has 1 aliphatic heterocycles. The van der Waals surface area contributed by atoms with Crippen molar-refractivity contribution in [3.05, 3.63) is 59.4 Å². The summed E-state index contributed by atoms with van der Waals surface area (Å²) >= 11 is 0. The van der Waals surface area contributed by atoms with Crippen molar-refractivity contribution in [1.82, 2.24) is 10.0 Å². The van der Waals surface area contributed by atoms with Crippen molar-refractivity contribution >= 4 is 11.6 Å². The molecule has 0 spiro atoms. The third kappa shape index (κ3) is 3.66. The van der Waals surface area contributed by atoms with Crippen molar-refractivity contribution in [3.8, 4) is 6.07 Å². The van der Waals surface area contributed by atoms with E-state index in [4.69, 9.17) is 10.1 Å². The summed E-state index contributed by atoms with van der Waals surface area (Å²) in [5.41, 5.74) is 1.38. The first kappa shape index (κ1) is 18.3. The Kier molecular flexibility index (Phi) is 4.92. The Morgan fingerprint density at radius 1 is 1.21 bits per heavy atom. The minimum atomic E-state index is -0.481. The SMILES string of the molecule is N#Cc1cc(F)cc(NC2CC(C(=O)N3OCCC3c3cncc(F)c3)C2)c1. The zero-order valence-corrected chi connectivity index (χ0v) is 14.9. The molecule has 1 amide bonds. The lowest BCUT2D eigenvalue weighted by Gasteiger charge is -2.38. The molecule has 144 valence electrons. The van der Waals surface area contributed by atoms with Crippen LogP contribution in [-0.2, 0) is 9.63 Å². The second-order valence-electron chi connectivity index (χ2n) is 7.09. The summed E-state index contributed by atoms with van der Waals surface area (Å²) in [4.78, 5) is 22.2. The predicted molar refractivity (Wildman–Crippen MR) is 95.6 cm³/mol. The van der Waals surface area contributed by atoms with Crippen molar-refractivity contribution in [1.29, 1.82) is 5.26 Å². The third-order valence-electron chi connectivity index (χ3n) is 5.12. The van der Waals surface area contributed by atoms with Crippen LogP contribution in [0.15, 0.2) is 36.7 Å². The van der Waals surface area contributed by atoms with E-state index in [2.05, 4.69) is 10.3 Å². The van der Waals surface area contributed by atoms with E-state index in [1.54, 1.807) is 12.3 Å². The number of pyridine rings is 1. The molecule has 4 rings (SSSR count). The molecular formula is C20H18F2N4O2. The van der Waals surface area contributed by atoms with Crippen molar-refractivity contribution < 1.29 is 18.4 Å². The number of anilines is 1. The maximum Gasteiger partial charge on any atom is 0.249 e. The molecule has 1 atom stereocenters. The molecule has 1 aliphatic carbocycles. The summed E-state index contributed by atoms with van der Waals surface area (Å²) in [5, 5.41) is 13.4. The van der Waals surface area contributed by atoms with Crippen LogP contribution in [0.4, 0.5) is 14.5 Å². The Morgan fingerprint density at radius 3 is 2.79 bits per heavy atom. The molecule has 2 fully saturated rings. The average Bonchev–Trinajstić information content (AvgIpc) is 3.13. The highest BCUT2D eigenvalue weighted by Gasteiger charge is 2.41. The number of benzene rings is 1. The normalized spacial score (nSPS) is 23.8. The highest BCUT2D eigenvalue weighted by Crippen LogP contribution is 2.37. The number of nitrogens with one attached hydrogen (secondary N) is 1. The molecule has 2 heterocycles. The molecule has 1 aromatic carbocycles. The van der Waals surface area contributed by atoms with Gasteiger partial charge in [-0.2, -0.15) is 5.26 Å². The predicted octanol–water partition coefficient (Wildman–Crippen LogP) is 3.33. The Labute approximate surface area is 160 Å². The van der Waals surface area contributed by atoms with Gasteiger partial charge in [-0.05, 0) is 42.7 Å². The number of rotatable bonds is 4. The van der Waals surface area contributed by atoms with Gasteiger partial charge in [0.1, 0.15) is 11.6 Å². The average molecular weight is 384 g/mol. The molecule has 0 radical (unpaired) electrons. The zero-order chi connectivity index (χ0) is 19.7. The number of hydroxylamine groups is 2. The number of nitriles is 1. The Morgan fingerprint density at radius 2 is 2.04 bits per heavy atom. The summed E-state index contributed by atoms with van der Waals surface area (Å²) in [5.74, 6) is -1.28. The van der Waals surface area contributed by atoms with Gasteiger partial charge in [-0.15, -0.1) is 0 Å². The van der Waals surface area contributed by atoms with E-state index in [9.17, 15) is 13.6 Å². The summed E-state index contributed by atoms with van der Waals surface area (Å²) in [6.45, 7) is 0.390. The lowest BCUT2D eigenvalue weighted by Crippen LogP contribution is -2.45. The molecule has 1 aromatic heterocycles. The Bertz CT molecular complexity index is 940. The fraction of sp³-hybridized carbons (Fsp3) is 0.350. The van der Waals surface area contributed by atoms with Crippen LogP contribution in [0.3, 0.4) is 0 Å². The minimum Gasteiger partial charge on any atom is -0.382 e. The maximum atomic E-state index is 13.5. The quantitative estimate of drug-likeness (QED) is 0.875. The number of carbonyl (C=O) groups is 1. The van der Waals surface area contributed by atoms with Crippen molar-refractivity contribution in [2.75, 3.05) is 11.9 Å². The number of amides is 1. The second-order valence-corrected chi connectivity index (χ2v) is 7.09. The maximum absolute atomic E-state index is 13.5. The van der Waals surface area contributed by atoms with Crippen LogP contribution < -0.4 is 5.32 Å². The molecule has 1 unspecified atom stereocenters. The highest BCUT2D eigenvalue weighted by molar-refractivity contribution is 5.80. The molecule has 1 saturated carbocycles. The zero-order valence-electron chi connectivity index (χ0n) is 14.9. The Balaban J connectivity index is 1.37. The van der Waals surface area contributed by atoms with Crippen LogP contribution in [0.5, 0.6) is 0 Å². The molecule has 2 aliphatic rings. The number of aromatic nitrogens is 1. The van der Waals surface area contributed by atoms with Crippen LogP contribution >= 0.6 is 0 Å². The van der Waals surface area contributed by atoms with Gasteiger partial charge in [0.05, 0.1) is 30.5 Å². The van der Waals surface area contributed by atoms with Gasteiger partial charge in [-0.25, -0.2) is 13.8 Å². The van der Waals surface area contributed by atoms with E-state index in [0.29, 0.717) is 37.1 Å². The second kappa shape index (κ2) is 7.52. The first-order chi connectivity index (χ1) is 13.5. The molecular weight excluding hydrogens is 366 g/mol. The van der Waals surface area contributed by atoms with E-state index < -0.39 is 11.6 Å². The van der Waals surface area contributed by atoms with Crippen molar-refractivity contribution in [2.45, 2.75) is 31.3 Å². The molecule has 0 bridgehead atoms. The summed E-state index contributed by atoms with van der Waals surface area (Å²) < 4.78 is 27.0. The van der Waals surface area contributed by atoms with Crippen LogP contribution in [-0.4, -0.2) is 28.6 Å². The van der Waals surface area contributed by atoms with Gasteiger partial charge >= 0.3 is 0 Å². The number of halogens is 2. The first-order valence-corrected chi connectivity index (χ1v) is 9.07. The Hall–Kier alpha value is -3.05. The fourth-order valence-corrected chi connectivity index (χ4v) is 3.69. The number of nitrogens with zero attached hydrogens (tertiary/aromatic N) is 3. The fourth-order valence-electron chi connectivity index (χ4n) is 3.69. The highest BCUT2D eigenvalue weighted by atomic mass is 19.1. The van der Waals surface area contributed by atoms with Gasteiger partial charge in [0, 0.05) is 30.3 Å². The van der Waals surface area contributed by atoms with E-state index in [1.165, 1.54) is 23.3 Å². The molecule has 2 aromatic rings. The van der Waals surface area contributed by atoms with Crippen LogP contribution in [0.25, 0.3) is 0 Å². The molecule has 28 heavy (non-hydrogen) atoms. The lowest BCUT2D eigenvalue weighted by atomic mass is 9.79. The van der Waals surface area contributed by atoms with Crippen molar-refractivity contribution in [2.24, 2.45) is 5.92 Å². The monoisotopic (exact) mass is 384 g/mol. The van der Waals surface area contributed by atoms with Gasteiger partial charge in [0.2, 0.25) is 5.91 Å². The van der Waals surface area contributed by atoms with E-state index >= 15 is 0 Å². The van der Waals surface area contributed by atoms with E-state index in [0.717, 1.165) is 6.20 Å². The molecule has 8 heteroatoms. The van der Waals surface area contributed by atoms with E-state index in [-0.39, 0.29) is 29.5 Å². The van der Waals surface area contributed by atoms with Crippen molar-refractivity contribution in [3.63, 3.8) is 0 Å². The summed E-state index contributed by atoms with van der Waals surface area (Å²) in [6.07, 6.45) is 4.41. The largest absolute Gasteiger partial charge is 0.382 e. The van der Waals surface area contributed by atoms with Crippen LogP contribution in [0.1, 0.15) is 36.4 Å². The number of carbonyl (C=O) groups excluding carboxylic acids is 1. The van der Waals surface area contributed by atoms with Crippen LogP contribution in [0.2, 0.25) is 0 Å². The number of hydrogen-bond donors (Lipinski definition) is 1. The van der Waals surface area contributed by atoms with Gasteiger partial charge in [0.15, 0.2) is 0 Å². The summed E-state index contributed by atoms with van der Waals surface area (Å²) in [6, 6.07) is 7.03. The minimum absolute atomic E-state index is 0.0131.